The summed E-state index contributed by atoms with van der Waals surface area (Å²) in [6.45, 7) is 4.60. The van der Waals surface area contributed by atoms with Crippen LogP contribution in [0.2, 0.25) is 0 Å². The molecule has 0 bridgehead atoms. The van der Waals surface area contributed by atoms with Crippen LogP contribution in [0.4, 0.5) is 0 Å². The maximum absolute atomic E-state index is 5.67. The summed E-state index contributed by atoms with van der Waals surface area (Å²) in [7, 11) is 3.60. The Labute approximate surface area is 107 Å². The smallest absolute Gasteiger partial charge is 0.122 e. The zero-order valence-corrected chi connectivity index (χ0v) is 11.3. The van der Waals surface area contributed by atoms with Crippen LogP contribution in [0.1, 0.15) is 16.8 Å². The van der Waals surface area contributed by atoms with E-state index in [1.165, 1.54) is 0 Å². The van der Waals surface area contributed by atoms with Gasteiger partial charge >= 0.3 is 0 Å². The number of aryl methyl sites for hydroxylation is 3. The summed E-state index contributed by atoms with van der Waals surface area (Å²) in [4.78, 5) is 0. The van der Waals surface area contributed by atoms with Gasteiger partial charge in [0.25, 0.3) is 0 Å². The topological polar surface area (TPSA) is 53.1 Å². The Balaban J connectivity index is 2.53. The number of hydrogen-bond acceptors (Lipinski definition) is 3. The Bertz CT molecular complexity index is 573. The maximum Gasteiger partial charge on any atom is 0.122 e. The zero-order valence-electron chi connectivity index (χ0n) is 11.3. The third kappa shape index (κ3) is 2.11. The second-order valence-corrected chi connectivity index (χ2v) is 4.49. The normalized spacial score (nSPS) is 10.7. The SMILES string of the molecule is COc1cc(C)c(-c2cc(CN)n(C)n2)cc1C. The molecule has 2 aromatic rings. The minimum Gasteiger partial charge on any atom is -0.496 e. The average Bonchev–Trinajstić information content (AvgIpc) is 2.72. The third-order valence-corrected chi connectivity index (χ3v) is 3.20. The van der Waals surface area contributed by atoms with E-state index in [0.717, 1.165) is 33.8 Å². The summed E-state index contributed by atoms with van der Waals surface area (Å²) >= 11 is 0. The van der Waals surface area contributed by atoms with E-state index in [0.29, 0.717) is 6.54 Å². The van der Waals surface area contributed by atoms with Gasteiger partial charge in [0, 0.05) is 19.2 Å². The molecule has 96 valence electrons. The minimum absolute atomic E-state index is 0.498. The molecule has 0 fully saturated rings. The fourth-order valence-electron chi connectivity index (χ4n) is 2.11. The van der Waals surface area contributed by atoms with Gasteiger partial charge < -0.3 is 10.5 Å². The van der Waals surface area contributed by atoms with Gasteiger partial charge in [0.05, 0.1) is 18.5 Å². The summed E-state index contributed by atoms with van der Waals surface area (Å²) in [5.41, 5.74) is 11.0. The molecule has 0 aliphatic heterocycles. The Hall–Kier alpha value is -1.81. The van der Waals surface area contributed by atoms with E-state index < -0.39 is 0 Å². The molecule has 0 saturated carbocycles. The van der Waals surface area contributed by atoms with Crippen LogP contribution in [0.25, 0.3) is 11.3 Å². The molecule has 2 N–H and O–H groups in total. The van der Waals surface area contributed by atoms with Crippen LogP contribution in [0.5, 0.6) is 5.75 Å². The highest BCUT2D eigenvalue weighted by atomic mass is 16.5. The molecule has 4 heteroatoms. The van der Waals surface area contributed by atoms with Crippen molar-refractivity contribution in [2.75, 3.05) is 7.11 Å². The van der Waals surface area contributed by atoms with Crippen molar-refractivity contribution in [2.24, 2.45) is 12.8 Å². The molecule has 1 aromatic carbocycles. The number of aromatic nitrogens is 2. The first-order valence-electron chi connectivity index (χ1n) is 5.95. The van der Waals surface area contributed by atoms with Crippen LogP contribution in [-0.2, 0) is 13.6 Å². The van der Waals surface area contributed by atoms with E-state index in [9.17, 15) is 0 Å². The Kier molecular flexibility index (Phi) is 3.39. The summed E-state index contributed by atoms with van der Waals surface area (Å²) in [5, 5.41) is 4.51. The summed E-state index contributed by atoms with van der Waals surface area (Å²) < 4.78 is 7.15. The summed E-state index contributed by atoms with van der Waals surface area (Å²) in [6, 6.07) is 6.19. The number of benzene rings is 1. The van der Waals surface area contributed by atoms with E-state index in [-0.39, 0.29) is 0 Å². The molecule has 2 rings (SSSR count). The third-order valence-electron chi connectivity index (χ3n) is 3.20. The minimum atomic E-state index is 0.498. The highest BCUT2D eigenvalue weighted by Crippen LogP contribution is 2.29. The fourth-order valence-corrected chi connectivity index (χ4v) is 2.11. The van der Waals surface area contributed by atoms with Crippen molar-refractivity contribution in [1.82, 2.24) is 9.78 Å². The van der Waals surface area contributed by atoms with Crippen LogP contribution in [-0.4, -0.2) is 16.9 Å². The van der Waals surface area contributed by atoms with E-state index in [1.807, 2.05) is 30.8 Å². The highest BCUT2D eigenvalue weighted by molar-refractivity contribution is 5.66. The standard InChI is InChI=1S/C14H19N3O/c1-9-6-14(18-4)10(2)5-12(9)13-7-11(8-15)17(3)16-13/h5-7H,8,15H2,1-4H3. The molecule has 0 radical (unpaired) electrons. The number of nitrogens with two attached hydrogens (primary N) is 1. The first-order chi connectivity index (χ1) is 8.56. The second-order valence-electron chi connectivity index (χ2n) is 4.49. The summed E-state index contributed by atoms with van der Waals surface area (Å²) in [5.74, 6) is 0.909. The molecule has 0 amide bonds. The molecule has 0 atom stereocenters. The van der Waals surface area contributed by atoms with Gasteiger partial charge in [-0.2, -0.15) is 5.10 Å². The fraction of sp³-hybridized carbons (Fsp3) is 0.357. The molecule has 0 aliphatic carbocycles. The maximum atomic E-state index is 5.67. The van der Waals surface area contributed by atoms with Crippen molar-refractivity contribution in [3.63, 3.8) is 0 Å². The molecule has 0 spiro atoms. The van der Waals surface area contributed by atoms with Crippen LogP contribution in [0.15, 0.2) is 18.2 Å². The van der Waals surface area contributed by atoms with Gasteiger partial charge in [0.1, 0.15) is 5.75 Å². The van der Waals surface area contributed by atoms with Crippen molar-refractivity contribution in [3.8, 4) is 17.0 Å². The predicted molar refractivity (Wildman–Crippen MR) is 72.6 cm³/mol. The molecule has 0 unspecified atom stereocenters. The lowest BCUT2D eigenvalue weighted by molar-refractivity contribution is 0.411. The number of ether oxygens (including phenoxy) is 1. The second kappa shape index (κ2) is 4.82. The van der Waals surface area contributed by atoms with E-state index in [2.05, 4.69) is 18.1 Å². The van der Waals surface area contributed by atoms with Gasteiger partial charge in [-0.25, -0.2) is 0 Å². The predicted octanol–water partition coefficient (Wildman–Crippen LogP) is 2.17. The van der Waals surface area contributed by atoms with Gasteiger partial charge in [0.2, 0.25) is 0 Å². The number of methoxy groups -OCH3 is 1. The average molecular weight is 245 g/mol. The van der Waals surface area contributed by atoms with E-state index in [1.54, 1.807) is 7.11 Å². The molecular weight excluding hydrogens is 226 g/mol. The van der Waals surface area contributed by atoms with Crippen molar-refractivity contribution in [3.05, 3.63) is 35.0 Å². The lowest BCUT2D eigenvalue weighted by Gasteiger charge is -2.09. The monoisotopic (exact) mass is 245 g/mol. The van der Waals surface area contributed by atoms with Crippen molar-refractivity contribution >= 4 is 0 Å². The van der Waals surface area contributed by atoms with Gasteiger partial charge in [-0.1, -0.05) is 0 Å². The van der Waals surface area contributed by atoms with Crippen LogP contribution in [0.3, 0.4) is 0 Å². The van der Waals surface area contributed by atoms with Gasteiger partial charge in [0.15, 0.2) is 0 Å². The largest absolute Gasteiger partial charge is 0.496 e. The highest BCUT2D eigenvalue weighted by Gasteiger charge is 2.11. The molecule has 1 aromatic heterocycles. The quantitative estimate of drug-likeness (QED) is 0.901. The van der Waals surface area contributed by atoms with Gasteiger partial charge in [-0.05, 0) is 43.2 Å². The van der Waals surface area contributed by atoms with Crippen molar-refractivity contribution < 1.29 is 4.74 Å². The number of hydrogen-bond donors (Lipinski definition) is 1. The van der Waals surface area contributed by atoms with Crippen LogP contribution < -0.4 is 10.5 Å². The summed E-state index contributed by atoms with van der Waals surface area (Å²) in [6.07, 6.45) is 0. The molecule has 4 nitrogen and oxygen atoms in total. The first kappa shape index (κ1) is 12.6. The van der Waals surface area contributed by atoms with E-state index >= 15 is 0 Å². The van der Waals surface area contributed by atoms with E-state index in [4.69, 9.17) is 10.5 Å². The molecule has 1 heterocycles. The van der Waals surface area contributed by atoms with Gasteiger partial charge in [-0.3, -0.25) is 4.68 Å². The Morgan fingerprint density at radius 2 is 1.94 bits per heavy atom. The lowest BCUT2D eigenvalue weighted by Crippen LogP contribution is -2.03. The number of rotatable bonds is 3. The van der Waals surface area contributed by atoms with Crippen LogP contribution >= 0.6 is 0 Å². The molecular formula is C14H19N3O. The van der Waals surface area contributed by atoms with Crippen molar-refractivity contribution in [2.45, 2.75) is 20.4 Å². The first-order valence-corrected chi connectivity index (χ1v) is 5.95. The van der Waals surface area contributed by atoms with Crippen molar-refractivity contribution in [1.29, 1.82) is 0 Å². The molecule has 18 heavy (non-hydrogen) atoms. The molecule has 0 saturated heterocycles. The Morgan fingerprint density at radius 1 is 1.22 bits per heavy atom. The van der Waals surface area contributed by atoms with Crippen LogP contribution in [0, 0.1) is 13.8 Å². The van der Waals surface area contributed by atoms with Gasteiger partial charge in [-0.15, -0.1) is 0 Å². The number of nitrogens with zero attached hydrogens (tertiary/aromatic N) is 2. The Morgan fingerprint density at radius 3 is 2.50 bits per heavy atom. The lowest BCUT2D eigenvalue weighted by atomic mass is 10.0. The zero-order chi connectivity index (χ0) is 13.3. The molecule has 0 aliphatic rings.